The van der Waals surface area contributed by atoms with E-state index in [2.05, 4.69) is 0 Å². The Kier molecular flexibility index (Phi) is 4.32. The highest BCUT2D eigenvalue weighted by atomic mass is 19.2. The zero-order chi connectivity index (χ0) is 21.7. The number of hydrogen-bond donors (Lipinski definition) is 0. The Morgan fingerprint density at radius 1 is 1.06 bits per heavy atom. The third kappa shape index (κ3) is 2.89. The van der Waals surface area contributed by atoms with Crippen molar-refractivity contribution in [2.75, 3.05) is 6.61 Å². The maximum absolute atomic E-state index is 14.7. The van der Waals surface area contributed by atoms with E-state index in [4.69, 9.17) is 9.47 Å². The van der Waals surface area contributed by atoms with Crippen LogP contribution in [0.25, 0.3) is 27.7 Å². The molecule has 0 spiro atoms. The van der Waals surface area contributed by atoms with Crippen LogP contribution in [0.1, 0.15) is 17.3 Å². The Labute approximate surface area is 175 Å². The molecule has 0 amide bonds. The molecule has 0 aliphatic carbocycles. The summed E-state index contributed by atoms with van der Waals surface area (Å²) in [7, 11) is 0. The largest absolute Gasteiger partial charge is 0.462 e. The topological polar surface area (TPSA) is 57.5 Å². The van der Waals surface area contributed by atoms with Gasteiger partial charge < -0.3 is 14.0 Å². The SMILES string of the molecule is CCOC(=O)c1cn2c3c(c(F)c(F)cc3c1=O)Oc1cc(-c3ccccc3)ccc1-2. The average molecular weight is 419 g/mol. The number of nitrogens with zero attached hydrogens (tertiary/aromatic N) is 1. The molecule has 0 unspecified atom stereocenters. The summed E-state index contributed by atoms with van der Waals surface area (Å²) in [5.41, 5.74) is 1.23. The molecule has 0 saturated carbocycles. The minimum atomic E-state index is -1.24. The minimum absolute atomic E-state index is 0.0527. The number of pyridine rings is 1. The molecule has 1 aromatic heterocycles. The van der Waals surface area contributed by atoms with Crippen molar-refractivity contribution >= 4 is 16.9 Å². The van der Waals surface area contributed by atoms with Crippen LogP contribution in [0, 0.1) is 11.6 Å². The van der Waals surface area contributed by atoms with Crippen molar-refractivity contribution in [3.63, 3.8) is 0 Å². The van der Waals surface area contributed by atoms with Crippen LogP contribution in [0.15, 0.2) is 65.6 Å². The van der Waals surface area contributed by atoms with Crippen LogP contribution in [0.4, 0.5) is 8.78 Å². The van der Waals surface area contributed by atoms with Crippen LogP contribution in [0.3, 0.4) is 0 Å². The van der Waals surface area contributed by atoms with Gasteiger partial charge in [-0.25, -0.2) is 9.18 Å². The molecular formula is C24H15F2NO4. The van der Waals surface area contributed by atoms with E-state index in [1.54, 1.807) is 19.1 Å². The summed E-state index contributed by atoms with van der Waals surface area (Å²) >= 11 is 0. The Hall–Kier alpha value is -4.00. The average Bonchev–Trinajstić information content (AvgIpc) is 2.79. The lowest BCUT2D eigenvalue weighted by atomic mass is 10.0. The highest BCUT2D eigenvalue weighted by Gasteiger charge is 2.29. The molecule has 0 atom stereocenters. The second-order valence-electron chi connectivity index (χ2n) is 7.01. The fourth-order valence-corrected chi connectivity index (χ4v) is 3.76. The van der Waals surface area contributed by atoms with Crippen LogP contribution in [0.2, 0.25) is 0 Å². The quantitative estimate of drug-likeness (QED) is 0.376. The van der Waals surface area contributed by atoms with Gasteiger partial charge in [-0.05, 0) is 36.2 Å². The number of ether oxygens (including phenoxy) is 2. The summed E-state index contributed by atoms with van der Waals surface area (Å²) in [5.74, 6) is -3.42. The van der Waals surface area contributed by atoms with Gasteiger partial charge in [-0.15, -0.1) is 0 Å². The third-order valence-corrected chi connectivity index (χ3v) is 5.17. The highest BCUT2D eigenvalue weighted by Crippen LogP contribution is 2.43. The maximum Gasteiger partial charge on any atom is 0.343 e. The molecule has 1 aliphatic rings. The molecule has 0 N–H and O–H groups in total. The Morgan fingerprint density at radius 2 is 1.84 bits per heavy atom. The lowest BCUT2D eigenvalue weighted by molar-refractivity contribution is 0.0524. The Balaban J connectivity index is 1.82. The number of carbonyl (C=O) groups excluding carboxylic acids is 1. The smallest absolute Gasteiger partial charge is 0.343 e. The molecule has 0 radical (unpaired) electrons. The van der Waals surface area contributed by atoms with E-state index in [1.165, 1.54) is 10.8 Å². The number of halogens is 2. The van der Waals surface area contributed by atoms with E-state index in [1.807, 2.05) is 36.4 Å². The third-order valence-electron chi connectivity index (χ3n) is 5.17. The van der Waals surface area contributed by atoms with Crippen molar-refractivity contribution in [2.45, 2.75) is 6.92 Å². The fraction of sp³-hybridized carbons (Fsp3) is 0.0833. The Morgan fingerprint density at radius 3 is 2.58 bits per heavy atom. The molecule has 0 bridgehead atoms. The maximum atomic E-state index is 14.7. The standard InChI is InChI=1S/C24H15F2NO4/c1-2-30-24(29)16-12-27-18-9-8-14(13-6-4-3-5-7-13)10-19(18)31-23-20(26)17(25)11-15(21(23)27)22(16)28/h3-12H,2H2,1H3. The first-order valence-corrected chi connectivity index (χ1v) is 9.61. The molecule has 3 aromatic carbocycles. The van der Waals surface area contributed by atoms with E-state index in [0.717, 1.165) is 17.2 Å². The van der Waals surface area contributed by atoms with Crippen molar-refractivity contribution < 1.29 is 23.0 Å². The summed E-state index contributed by atoms with van der Waals surface area (Å²) in [4.78, 5) is 25.2. The monoisotopic (exact) mass is 419 g/mol. The molecular weight excluding hydrogens is 404 g/mol. The summed E-state index contributed by atoms with van der Waals surface area (Å²) in [6.07, 6.45) is 1.28. The number of carbonyl (C=O) groups is 1. The lowest BCUT2D eigenvalue weighted by Crippen LogP contribution is -2.22. The lowest BCUT2D eigenvalue weighted by Gasteiger charge is -2.24. The number of rotatable bonds is 3. The molecule has 2 heterocycles. The number of aromatic nitrogens is 1. The predicted octanol–water partition coefficient (Wildman–Crippen LogP) is 5.22. The van der Waals surface area contributed by atoms with Gasteiger partial charge in [0, 0.05) is 6.20 Å². The van der Waals surface area contributed by atoms with Crippen LogP contribution in [-0.4, -0.2) is 17.1 Å². The molecule has 0 fully saturated rings. The van der Waals surface area contributed by atoms with Crippen molar-refractivity contribution in [3.8, 4) is 28.3 Å². The van der Waals surface area contributed by atoms with Crippen LogP contribution in [0.5, 0.6) is 11.5 Å². The van der Waals surface area contributed by atoms with E-state index in [9.17, 15) is 18.4 Å². The Bertz CT molecular complexity index is 1430. The van der Waals surface area contributed by atoms with Gasteiger partial charge in [-0.2, -0.15) is 4.39 Å². The first-order chi connectivity index (χ1) is 15.0. The van der Waals surface area contributed by atoms with Crippen molar-refractivity contribution in [2.24, 2.45) is 0 Å². The fourth-order valence-electron chi connectivity index (χ4n) is 3.76. The van der Waals surface area contributed by atoms with Crippen molar-refractivity contribution in [1.82, 2.24) is 4.57 Å². The molecule has 7 heteroatoms. The van der Waals surface area contributed by atoms with Gasteiger partial charge in [0.15, 0.2) is 17.3 Å². The first kappa shape index (κ1) is 19.0. The molecule has 31 heavy (non-hydrogen) atoms. The number of hydrogen-bond acceptors (Lipinski definition) is 4. The zero-order valence-electron chi connectivity index (χ0n) is 16.3. The molecule has 5 rings (SSSR count). The number of fused-ring (bicyclic) bond motifs is 2. The number of benzene rings is 3. The van der Waals surface area contributed by atoms with Gasteiger partial charge in [0.25, 0.3) is 0 Å². The summed E-state index contributed by atoms with van der Waals surface area (Å²) in [5, 5.41) is -0.169. The van der Waals surface area contributed by atoms with Crippen LogP contribution < -0.4 is 10.2 Å². The van der Waals surface area contributed by atoms with Crippen LogP contribution >= 0.6 is 0 Å². The summed E-state index contributed by atoms with van der Waals surface area (Å²) in [6, 6.07) is 15.5. The van der Waals surface area contributed by atoms with Gasteiger partial charge in [0.1, 0.15) is 11.1 Å². The summed E-state index contributed by atoms with van der Waals surface area (Å²) < 4.78 is 41.2. The first-order valence-electron chi connectivity index (χ1n) is 9.61. The van der Waals surface area contributed by atoms with Crippen molar-refractivity contribution in [3.05, 3.63) is 88.2 Å². The van der Waals surface area contributed by atoms with Gasteiger partial charge in [0.2, 0.25) is 11.2 Å². The van der Waals surface area contributed by atoms with Crippen molar-refractivity contribution in [1.29, 1.82) is 0 Å². The molecule has 0 saturated heterocycles. The minimum Gasteiger partial charge on any atom is -0.462 e. The summed E-state index contributed by atoms with van der Waals surface area (Å²) in [6.45, 7) is 1.68. The van der Waals surface area contributed by atoms with Gasteiger partial charge in [-0.1, -0.05) is 36.4 Å². The normalized spacial score (nSPS) is 11.7. The van der Waals surface area contributed by atoms with Gasteiger partial charge in [-0.3, -0.25) is 4.79 Å². The second-order valence-corrected chi connectivity index (χ2v) is 7.01. The molecule has 1 aliphatic heterocycles. The number of esters is 1. The van der Waals surface area contributed by atoms with Gasteiger partial charge in [0.05, 0.1) is 17.7 Å². The zero-order valence-corrected chi connectivity index (χ0v) is 16.3. The van der Waals surface area contributed by atoms with Gasteiger partial charge >= 0.3 is 5.97 Å². The highest BCUT2D eigenvalue weighted by molar-refractivity contribution is 5.97. The van der Waals surface area contributed by atoms with Crippen LogP contribution in [-0.2, 0) is 4.74 Å². The molecule has 4 aromatic rings. The van der Waals surface area contributed by atoms with E-state index >= 15 is 0 Å². The molecule has 154 valence electrons. The molecule has 5 nitrogen and oxygen atoms in total. The second kappa shape index (κ2) is 7.05. The van der Waals surface area contributed by atoms with E-state index in [0.29, 0.717) is 5.69 Å². The van der Waals surface area contributed by atoms with E-state index in [-0.39, 0.29) is 28.8 Å². The predicted molar refractivity (Wildman–Crippen MR) is 111 cm³/mol. The van der Waals surface area contributed by atoms with E-state index < -0.39 is 28.8 Å².